The Labute approximate surface area is 237 Å². The highest BCUT2D eigenvalue weighted by Gasteiger charge is 2.44. The molecule has 0 aromatic carbocycles. The number of fused-ring (bicyclic) bond motifs is 2. The fourth-order valence-electron chi connectivity index (χ4n) is 5.67. The Balaban J connectivity index is 1.71. The van der Waals surface area contributed by atoms with Crippen LogP contribution in [0.25, 0.3) is 0 Å². The van der Waals surface area contributed by atoms with Crippen molar-refractivity contribution in [3.63, 3.8) is 0 Å². The van der Waals surface area contributed by atoms with Crippen molar-refractivity contribution >= 4 is 23.5 Å². The predicted molar refractivity (Wildman–Crippen MR) is 146 cm³/mol. The van der Waals surface area contributed by atoms with Crippen molar-refractivity contribution in [1.29, 1.82) is 0 Å². The maximum atomic E-state index is 13.7. The first-order valence-electron chi connectivity index (χ1n) is 14.8. The molecule has 3 aliphatic rings. The molecule has 3 aliphatic heterocycles. The van der Waals surface area contributed by atoms with Gasteiger partial charge in [-0.2, -0.15) is 0 Å². The second-order valence-electron chi connectivity index (χ2n) is 11.0. The minimum Gasteiger partial charge on any atom is -0.379 e. The standard InChI is InChI=1S/C28H48N4O8/c1-19-21(26(30)34)18-24(33)22-8-6-10-31(22)27(35)23-9-7-11-32(23)28(36)25(29)20(2)40-17-16-38-15-14-37-12-4-3-5-13-39-19/h19-23,25H,3-18,29H2,1-2H3,(H2,30,34). The van der Waals surface area contributed by atoms with Crippen LogP contribution in [0.1, 0.15) is 65.2 Å². The van der Waals surface area contributed by atoms with Gasteiger partial charge in [-0.25, -0.2) is 0 Å². The van der Waals surface area contributed by atoms with Crippen LogP contribution in [0.4, 0.5) is 0 Å². The highest BCUT2D eigenvalue weighted by Crippen LogP contribution is 2.28. The quantitative estimate of drug-likeness (QED) is 0.455. The molecule has 12 heteroatoms. The normalized spacial score (nSPS) is 33.6. The molecule has 0 spiro atoms. The molecule has 0 bridgehead atoms. The Kier molecular flexibility index (Phi) is 13.2. The molecule has 12 nitrogen and oxygen atoms in total. The third-order valence-electron chi connectivity index (χ3n) is 8.17. The zero-order valence-electron chi connectivity index (χ0n) is 24.1. The lowest BCUT2D eigenvalue weighted by atomic mass is 9.92. The molecule has 0 aromatic heterocycles. The van der Waals surface area contributed by atoms with Gasteiger partial charge in [-0.1, -0.05) is 0 Å². The summed E-state index contributed by atoms with van der Waals surface area (Å²) in [5.41, 5.74) is 11.9. The van der Waals surface area contributed by atoms with Crippen LogP contribution in [0.3, 0.4) is 0 Å². The molecule has 228 valence electrons. The average Bonchev–Trinajstić information content (AvgIpc) is 3.62. The molecule has 3 rings (SSSR count). The summed E-state index contributed by atoms with van der Waals surface area (Å²) in [5, 5.41) is 0. The molecular weight excluding hydrogens is 520 g/mol. The van der Waals surface area contributed by atoms with Crippen LogP contribution in [0.5, 0.6) is 0 Å². The van der Waals surface area contributed by atoms with E-state index in [1.807, 2.05) is 0 Å². The molecule has 3 heterocycles. The number of primary amides is 1. The number of nitrogens with two attached hydrogens (primary N) is 2. The molecule has 0 saturated carbocycles. The van der Waals surface area contributed by atoms with Crippen LogP contribution < -0.4 is 11.5 Å². The fraction of sp³-hybridized carbons (Fsp3) is 0.857. The Hall–Kier alpha value is -2.12. The van der Waals surface area contributed by atoms with Crippen molar-refractivity contribution in [2.45, 2.75) is 95.5 Å². The Morgan fingerprint density at radius 1 is 0.725 bits per heavy atom. The summed E-state index contributed by atoms with van der Waals surface area (Å²) in [6.07, 6.45) is 3.75. The molecule has 0 aromatic rings. The van der Waals surface area contributed by atoms with Crippen LogP contribution in [-0.4, -0.2) is 116 Å². The number of nitrogens with zero attached hydrogens (tertiary/aromatic N) is 2. The van der Waals surface area contributed by atoms with E-state index in [9.17, 15) is 19.2 Å². The van der Waals surface area contributed by atoms with Crippen molar-refractivity contribution in [3.8, 4) is 0 Å². The number of carbonyl (C=O) groups excluding carboxylic acids is 4. The second kappa shape index (κ2) is 16.4. The zero-order valence-corrected chi connectivity index (χ0v) is 24.1. The molecule has 6 unspecified atom stereocenters. The van der Waals surface area contributed by atoms with Crippen LogP contribution in [0.2, 0.25) is 0 Å². The van der Waals surface area contributed by atoms with Gasteiger partial charge in [-0.3, -0.25) is 19.2 Å². The van der Waals surface area contributed by atoms with Crippen molar-refractivity contribution in [2.24, 2.45) is 17.4 Å². The maximum absolute atomic E-state index is 13.7. The molecule has 4 N–H and O–H groups in total. The third kappa shape index (κ3) is 8.94. The largest absolute Gasteiger partial charge is 0.379 e. The Bertz CT molecular complexity index is 858. The first kappa shape index (κ1) is 32.4. The molecule has 3 amide bonds. The van der Waals surface area contributed by atoms with Crippen molar-refractivity contribution in [3.05, 3.63) is 0 Å². The number of ketones is 1. The smallest absolute Gasteiger partial charge is 0.245 e. The van der Waals surface area contributed by atoms with E-state index >= 15 is 0 Å². The monoisotopic (exact) mass is 568 g/mol. The van der Waals surface area contributed by atoms with E-state index in [1.54, 1.807) is 18.7 Å². The lowest BCUT2D eigenvalue weighted by Crippen LogP contribution is -2.56. The predicted octanol–water partition coefficient (Wildman–Crippen LogP) is 0.384. The van der Waals surface area contributed by atoms with Crippen LogP contribution in [-0.2, 0) is 38.1 Å². The van der Waals surface area contributed by atoms with Gasteiger partial charge in [0.1, 0.15) is 12.1 Å². The van der Waals surface area contributed by atoms with Gasteiger partial charge in [-0.15, -0.1) is 0 Å². The average molecular weight is 569 g/mol. The zero-order chi connectivity index (χ0) is 29.1. The minimum atomic E-state index is -0.931. The third-order valence-corrected chi connectivity index (χ3v) is 8.17. The van der Waals surface area contributed by atoms with E-state index in [2.05, 4.69) is 0 Å². The van der Waals surface area contributed by atoms with Gasteiger partial charge >= 0.3 is 0 Å². The molecule has 3 saturated heterocycles. The first-order chi connectivity index (χ1) is 19.2. The van der Waals surface area contributed by atoms with Gasteiger partial charge in [0.15, 0.2) is 5.78 Å². The number of ether oxygens (including phenoxy) is 4. The summed E-state index contributed by atoms with van der Waals surface area (Å²) >= 11 is 0. The van der Waals surface area contributed by atoms with E-state index in [0.717, 1.165) is 19.3 Å². The molecule has 0 aliphatic carbocycles. The van der Waals surface area contributed by atoms with Crippen molar-refractivity contribution < 1.29 is 38.1 Å². The lowest BCUT2D eigenvalue weighted by molar-refractivity contribution is -0.148. The lowest BCUT2D eigenvalue weighted by Gasteiger charge is -2.33. The topological polar surface area (TPSA) is 164 Å². The number of amides is 3. The highest BCUT2D eigenvalue weighted by molar-refractivity contribution is 5.95. The first-order valence-corrected chi connectivity index (χ1v) is 14.8. The van der Waals surface area contributed by atoms with E-state index in [0.29, 0.717) is 71.8 Å². The molecular formula is C28H48N4O8. The van der Waals surface area contributed by atoms with E-state index in [4.69, 9.17) is 30.4 Å². The number of Topliss-reactive ketones (excluding diaryl/α,β-unsaturated/α-hetero) is 1. The van der Waals surface area contributed by atoms with Gasteiger partial charge in [0.05, 0.1) is 50.6 Å². The summed E-state index contributed by atoms with van der Waals surface area (Å²) in [5.74, 6) is -2.17. The van der Waals surface area contributed by atoms with Crippen LogP contribution in [0, 0.1) is 5.92 Å². The van der Waals surface area contributed by atoms with Gasteiger partial charge in [0.2, 0.25) is 17.7 Å². The summed E-state index contributed by atoms with van der Waals surface area (Å²) in [6, 6.07) is -2.25. The SMILES string of the molecule is CC1OCCOCCOCCCCCOC(C)C(C(N)=O)CC(=O)C2CCCN2C(=O)C2CCCN2C(=O)C1N. The number of hydrogen-bond acceptors (Lipinski definition) is 9. The van der Waals surface area contributed by atoms with E-state index < -0.39 is 42.2 Å². The van der Waals surface area contributed by atoms with E-state index in [1.165, 1.54) is 4.90 Å². The molecule has 40 heavy (non-hydrogen) atoms. The Morgan fingerprint density at radius 2 is 1.30 bits per heavy atom. The summed E-state index contributed by atoms with van der Waals surface area (Å²) in [6.45, 7) is 6.94. The van der Waals surface area contributed by atoms with E-state index in [-0.39, 0.29) is 30.6 Å². The van der Waals surface area contributed by atoms with Crippen LogP contribution in [0.15, 0.2) is 0 Å². The molecule has 6 atom stereocenters. The van der Waals surface area contributed by atoms with Crippen LogP contribution >= 0.6 is 0 Å². The number of hydrogen-bond donors (Lipinski definition) is 2. The Morgan fingerprint density at radius 3 is 2.00 bits per heavy atom. The highest BCUT2D eigenvalue weighted by atomic mass is 16.5. The van der Waals surface area contributed by atoms with Crippen molar-refractivity contribution in [1.82, 2.24) is 9.80 Å². The minimum absolute atomic E-state index is 0.0894. The van der Waals surface area contributed by atoms with Gasteiger partial charge in [0, 0.05) is 32.7 Å². The summed E-state index contributed by atoms with van der Waals surface area (Å²) in [7, 11) is 0. The molecule has 3 fully saturated rings. The fourth-order valence-corrected chi connectivity index (χ4v) is 5.67. The van der Waals surface area contributed by atoms with Gasteiger partial charge in [-0.05, 0) is 58.8 Å². The summed E-state index contributed by atoms with van der Waals surface area (Å²) in [4.78, 5) is 55.7. The number of rotatable bonds is 1. The van der Waals surface area contributed by atoms with Gasteiger partial charge in [0.25, 0.3) is 0 Å². The van der Waals surface area contributed by atoms with Crippen molar-refractivity contribution in [2.75, 3.05) is 52.7 Å². The second-order valence-corrected chi connectivity index (χ2v) is 11.0. The molecule has 0 radical (unpaired) electrons. The summed E-state index contributed by atoms with van der Waals surface area (Å²) < 4.78 is 22.8. The van der Waals surface area contributed by atoms with Gasteiger partial charge < -0.3 is 40.2 Å². The number of carbonyl (C=O) groups is 4. The maximum Gasteiger partial charge on any atom is 0.245 e.